The second-order valence-corrected chi connectivity index (χ2v) is 13.2. The van der Waals surface area contributed by atoms with Gasteiger partial charge in [0.2, 0.25) is 5.91 Å². The van der Waals surface area contributed by atoms with Crippen LogP contribution in [0.25, 0.3) is 43.9 Å². The fourth-order valence-electron chi connectivity index (χ4n) is 6.65. The van der Waals surface area contributed by atoms with Gasteiger partial charge in [-0.3, -0.25) is 19.4 Å². The highest BCUT2D eigenvalue weighted by Crippen LogP contribution is 2.47. The average Bonchev–Trinajstić information content (AvgIpc) is 3.84. The van der Waals surface area contributed by atoms with Gasteiger partial charge in [0.25, 0.3) is 0 Å². The zero-order chi connectivity index (χ0) is 35.1. The Balaban J connectivity index is 1.39. The summed E-state index contributed by atoms with van der Waals surface area (Å²) >= 11 is 1.37. The molecule has 1 aromatic carbocycles. The third-order valence-corrected chi connectivity index (χ3v) is 10.1. The van der Waals surface area contributed by atoms with E-state index in [4.69, 9.17) is 19.6 Å². The summed E-state index contributed by atoms with van der Waals surface area (Å²) < 4.78 is 71.8. The molecule has 1 saturated heterocycles. The van der Waals surface area contributed by atoms with Crippen LogP contribution < -0.4 is 4.74 Å². The van der Waals surface area contributed by atoms with Crippen molar-refractivity contribution in [3.05, 3.63) is 83.7 Å². The largest absolute Gasteiger partial charge is 0.490 e. The van der Waals surface area contributed by atoms with Gasteiger partial charge in [0.1, 0.15) is 47.7 Å². The summed E-state index contributed by atoms with van der Waals surface area (Å²) in [5.74, 6) is -1.84. The quantitative estimate of drug-likeness (QED) is 0.0901. The normalized spacial score (nSPS) is 19.2. The van der Waals surface area contributed by atoms with Crippen molar-refractivity contribution in [1.29, 1.82) is 0 Å². The van der Waals surface area contributed by atoms with Crippen LogP contribution in [0.15, 0.2) is 60.6 Å². The number of likely N-dealkylation sites (tertiary alicyclic amines) is 1. The van der Waals surface area contributed by atoms with Gasteiger partial charge in [0.15, 0.2) is 0 Å². The topological polar surface area (TPSA) is 85.6 Å². The van der Waals surface area contributed by atoms with Crippen molar-refractivity contribution in [1.82, 2.24) is 29.5 Å². The van der Waals surface area contributed by atoms with Gasteiger partial charge in [-0.05, 0) is 42.6 Å². The fourth-order valence-corrected chi connectivity index (χ4v) is 7.60. The van der Waals surface area contributed by atoms with E-state index < -0.39 is 24.0 Å². The van der Waals surface area contributed by atoms with Crippen molar-refractivity contribution in [2.75, 3.05) is 40.0 Å². The minimum atomic E-state index is -1.51. The van der Waals surface area contributed by atoms with E-state index in [0.29, 0.717) is 63.6 Å². The van der Waals surface area contributed by atoms with E-state index in [1.165, 1.54) is 24.5 Å². The molecule has 1 fully saturated rings. The number of fused-ring (bicyclic) bond motifs is 2. The number of benzene rings is 1. The smallest absolute Gasteiger partial charge is 0.246 e. The van der Waals surface area contributed by atoms with Crippen molar-refractivity contribution < 1.29 is 31.8 Å². The number of carbonyl (C=O) groups is 1. The average molecular weight is 707 g/mol. The monoisotopic (exact) mass is 706 g/mol. The molecular formula is C36H34F4N6O3S. The molecule has 50 heavy (non-hydrogen) atoms. The summed E-state index contributed by atoms with van der Waals surface area (Å²) in [7, 11) is 1.50. The van der Waals surface area contributed by atoms with Gasteiger partial charge < -0.3 is 14.4 Å². The minimum absolute atomic E-state index is 0.0101. The molecule has 9 nitrogen and oxygen atoms in total. The predicted octanol–water partition coefficient (Wildman–Crippen LogP) is 6.77. The highest BCUT2D eigenvalue weighted by Gasteiger charge is 2.33. The van der Waals surface area contributed by atoms with Gasteiger partial charge in [-0.1, -0.05) is 6.58 Å². The van der Waals surface area contributed by atoms with Crippen molar-refractivity contribution in [3.8, 4) is 39.5 Å². The fraction of sp³-hybridized carbons (Fsp3) is 0.333. The highest BCUT2D eigenvalue weighted by atomic mass is 32.1. The number of alkyl halides is 2. The maximum absolute atomic E-state index is 16.1. The number of aromatic nitrogens is 4. The number of amides is 1. The molecule has 5 aromatic rings. The van der Waals surface area contributed by atoms with Gasteiger partial charge >= 0.3 is 0 Å². The summed E-state index contributed by atoms with van der Waals surface area (Å²) in [4.78, 5) is 25.7. The highest BCUT2D eigenvalue weighted by molar-refractivity contribution is 7.18. The third kappa shape index (κ3) is 6.27. The van der Waals surface area contributed by atoms with Crippen LogP contribution in [0.2, 0.25) is 0 Å². The summed E-state index contributed by atoms with van der Waals surface area (Å²) in [5.41, 5.74) is 3.80. The molecule has 14 heteroatoms. The van der Waals surface area contributed by atoms with Gasteiger partial charge in [-0.2, -0.15) is 5.10 Å². The molecule has 2 aliphatic rings. The van der Waals surface area contributed by atoms with Gasteiger partial charge in [-0.25, -0.2) is 22.5 Å². The van der Waals surface area contributed by atoms with E-state index in [9.17, 15) is 18.0 Å². The first-order valence-electron chi connectivity index (χ1n) is 16.2. The molecule has 3 unspecified atom stereocenters. The zero-order valence-corrected chi connectivity index (χ0v) is 28.2. The lowest BCUT2D eigenvalue weighted by Gasteiger charge is -2.33. The molecule has 0 radical (unpaired) electrons. The second kappa shape index (κ2) is 13.9. The molecule has 4 aromatic heterocycles. The zero-order valence-electron chi connectivity index (χ0n) is 27.4. The van der Waals surface area contributed by atoms with Crippen LogP contribution in [0.5, 0.6) is 5.75 Å². The summed E-state index contributed by atoms with van der Waals surface area (Å²) in [6, 6.07) is 8.98. The molecule has 0 spiro atoms. The molecule has 0 N–H and O–H groups in total. The Morgan fingerprint density at radius 3 is 2.58 bits per heavy atom. The Bertz CT molecular complexity index is 2060. The van der Waals surface area contributed by atoms with Crippen molar-refractivity contribution in [3.63, 3.8) is 0 Å². The number of thiophene rings is 1. The molecule has 6 heterocycles. The first-order chi connectivity index (χ1) is 24.2. The lowest BCUT2D eigenvalue weighted by atomic mass is 9.96. The third-order valence-electron chi connectivity index (χ3n) is 9.12. The Morgan fingerprint density at radius 1 is 1.06 bits per heavy atom. The van der Waals surface area contributed by atoms with E-state index in [1.807, 2.05) is 35.2 Å². The number of ether oxygens (including phenoxy) is 2. The second-order valence-electron chi connectivity index (χ2n) is 12.3. The van der Waals surface area contributed by atoms with E-state index >= 15 is 4.39 Å². The van der Waals surface area contributed by atoms with E-state index in [-0.39, 0.29) is 49.6 Å². The lowest BCUT2D eigenvalue weighted by Crippen LogP contribution is -2.40. The Morgan fingerprint density at radius 2 is 1.86 bits per heavy atom. The van der Waals surface area contributed by atoms with Gasteiger partial charge in [0.05, 0.1) is 41.8 Å². The molecule has 2 aliphatic heterocycles. The SMILES string of the molecule is C=CC(=O)N1CCn2nc(-c3nc(-c4ccc(CN5CC(F)C(F)C5)nc4)c4ccsc4c3-c3c(F)cc(F)cc3OCCOC)cc2C1C. The number of halogens is 4. The maximum atomic E-state index is 16.1. The minimum Gasteiger partial charge on any atom is -0.490 e. The van der Waals surface area contributed by atoms with Crippen LogP contribution in [0.4, 0.5) is 17.6 Å². The lowest BCUT2D eigenvalue weighted by molar-refractivity contribution is -0.129. The standard InChI is InChI=1S/C36H34F4N6O3S/c1-4-31(47)45-8-9-46-29(20(45)2)15-28(43-46)35-33(32-25(38)13-22(37)14-30(32)49-11-10-48-3)36-24(7-12-50-36)34(42-35)21-5-6-23(41-16-21)17-44-18-26(39)27(40)19-44/h4-7,12-16,20,26-27H,1,8-11,17-19H2,2-3H3. The number of pyridine rings is 2. The number of rotatable bonds is 10. The van der Waals surface area contributed by atoms with Crippen LogP contribution in [-0.2, 0) is 22.6 Å². The van der Waals surface area contributed by atoms with Crippen molar-refractivity contribution in [2.45, 2.75) is 38.4 Å². The Kier molecular flexibility index (Phi) is 9.42. The van der Waals surface area contributed by atoms with Gasteiger partial charge in [0, 0.05) is 72.8 Å². The van der Waals surface area contributed by atoms with Crippen LogP contribution in [0.1, 0.15) is 24.4 Å². The summed E-state index contributed by atoms with van der Waals surface area (Å²) in [5, 5.41) is 7.46. The van der Waals surface area contributed by atoms with Gasteiger partial charge in [-0.15, -0.1) is 11.3 Å². The molecule has 7 rings (SSSR count). The van der Waals surface area contributed by atoms with Crippen molar-refractivity contribution in [2.24, 2.45) is 0 Å². The van der Waals surface area contributed by atoms with Crippen LogP contribution in [0, 0.1) is 11.6 Å². The number of hydrogen-bond acceptors (Lipinski definition) is 8. The summed E-state index contributed by atoms with van der Waals surface area (Å²) in [6.07, 6.45) is -0.0874. The van der Waals surface area contributed by atoms with E-state index in [0.717, 1.165) is 17.8 Å². The Hall–Kier alpha value is -4.66. The van der Waals surface area contributed by atoms with Crippen LogP contribution in [0.3, 0.4) is 0 Å². The number of nitrogens with zero attached hydrogens (tertiary/aromatic N) is 6. The molecule has 260 valence electrons. The molecule has 1 amide bonds. The van der Waals surface area contributed by atoms with E-state index in [2.05, 4.69) is 11.6 Å². The predicted molar refractivity (Wildman–Crippen MR) is 182 cm³/mol. The molecular weight excluding hydrogens is 672 g/mol. The van der Waals surface area contributed by atoms with Crippen molar-refractivity contribution >= 4 is 27.3 Å². The molecule has 0 aliphatic carbocycles. The first kappa shape index (κ1) is 33.8. The van der Waals surface area contributed by atoms with E-state index in [1.54, 1.807) is 22.1 Å². The number of methoxy groups -OCH3 is 1. The Labute approximate surface area is 289 Å². The number of carbonyl (C=O) groups excluding carboxylic acids is 1. The summed E-state index contributed by atoms with van der Waals surface area (Å²) in [6.45, 7) is 6.95. The first-order valence-corrected chi connectivity index (χ1v) is 17.0. The van der Waals surface area contributed by atoms with Crippen LogP contribution >= 0.6 is 11.3 Å². The molecule has 3 atom stereocenters. The molecule has 0 saturated carbocycles. The number of hydrogen-bond donors (Lipinski definition) is 0. The maximum Gasteiger partial charge on any atom is 0.246 e. The van der Waals surface area contributed by atoms with Crippen LogP contribution in [-0.4, -0.2) is 87.8 Å². The molecule has 0 bridgehead atoms.